The summed E-state index contributed by atoms with van der Waals surface area (Å²) >= 11 is 2.55. The summed E-state index contributed by atoms with van der Waals surface area (Å²) in [6, 6.07) is 7.30. The third kappa shape index (κ3) is 5.37. The van der Waals surface area contributed by atoms with Gasteiger partial charge in [-0.1, -0.05) is 57.7 Å². The van der Waals surface area contributed by atoms with Crippen LogP contribution in [0.3, 0.4) is 0 Å². The van der Waals surface area contributed by atoms with Crippen LogP contribution in [0.5, 0.6) is 0 Å². The van der Waals surface area contributed by atoms with E-state index in [4.69, 9.17) is 10.5 Å². The first-order chi connectivity index (χ1) is 16.8. The number of aliphatic hydroxyl groups excluding tert-OH is 1. The zero-order valence-electron chi connectivity index (χ0n) is 20.9. The number of ether oxygens (including phenoxy) is 1. The molecule has 1 aliphatic rings. The van der Waals surface area contributed by atoms with E-state index in [-0.39, 0.29) is 28.4 Å². The van der Waals surface area contributed by atoms with Crippen LogP contribution in [-0.4, -0.2) is 21.7 Å². The Morgan fingerprint density at radius 2 is 1.86 bits per heavy atom. The van der Waals surface area contributed by atoms with Crippen molar-refractivity contribution in [2.75, 3.05) is 5.73 Å². The van der Waals surface area contributed by atoms with Gasteiger partial charge < -0.3 is 15.6 Å². The van der Waals surface area contributed by atoms with Crippen LogP contribution < -0.4 is 5.73 Å². The summed E-state index contributed by atoms with van der Waals surface area (Å²) in [5.41, 5.74) is 6.92. The number of halogens is 2. The first kappa shape index (κ1) is 26.4. The number of esters is 1. The number of aliphatic hydroxyl groups is 1. The summed E-state index contributed by atoms with van der Waals surface area (Å²) in [4.78, 5) is 18.6. The molecule has 1 atom stereocenters. The standard InChI is InChI=1S/C27H30F2N2O3S2/c1-14(2)27(7-6-15-8-16(28)10-17(29)9-15)13-20(32)23(24(33)34-27)35-21-12-22-19(31-25(30)36-22)11-18(21)26(3,4)5/h8-12,14,32H,6-7,13H2,1-5H3,(H2,30,31)/t27-/m0/s1. The second-order valence-electron chi connectivity index (χ2n) is 10.6. The van der Waals surface area contributed by atoms with E-state index in [2.05, 4.69) is 25.8 Å². The number of nitrogens with zero attached hydrogens (tertiary/aromatic N) is 1. The fourth-order valence-electron chi connectivity index (χ4n) is 4.46. The highest BCUT2D eigenvalue weighted by molar-refractivity contribution is 8.04. The lowest BCUT2D eigenvalue weighted by Gasteiger charge is -2.40. The van der Waals surface area contributed by atoms with Crippen LogP contribution in [0.2, 0.25) is 0 Å². The highest BCUT2D eigenvalue weighted by atomic mass is 32.2. The number of rotatable bonds is 6. The Balaban J connectivity index is 1.65. The zero-order valence-corrected chi connectivity index (χ0v) is 22.6. The predicted octanol–water partition coefficient (Wildman–Crippen LogP) is 7.29. The highest BCUT2D eigenvalue weighted by Gasteiger charge is 2.44. The average Bonchev–Trinajstić information content (AvgIpc) is 3.11. The first-order valence-corrected chi connectivity index (χ1v) is 13.4. The molecule has 0 saturated heterocycles. The molecular weight excluding hydrogens is 502 g/mol. The van der Waals surface area contributed by atoms with Crippen LogP contribution in [-0.2, 0) is 21.4 Å². The van der Waals surface area contributed by atoms with Crippen LogP contribution in [0.1, 0.15) is 58.6 Å². The lowest BCUT2D eigenvalue weighted by Crippen LogP contribution is -2.44. The van der Waals surface area contributed by atoms with Gasteiger partial charge >= 0.3 is 5.97 Å². The molecule has 1 aliphatic heterocycles. The number of carbonyl (C=O) groups excluding carboxylic acids is 1. The molecule has 0 bridgehead atoms. The number of hydrogen-bond acceptors (Lipinski definition) is 7. The van der Waals surface area contributed by atoms with Gasteiger partial charge in [-0.2, -0.15) is 0 Å². The van der Waals surface area contributed by atoms with Gasteiger partial charge in [0.2, 0.25) is 0 Å². The molecule has 0 fully saturated rings. The number of thioether (sulfide) groups is 1. The summed E-state index contributed by atoms with van der Waals surface area (Å²) < 4.78 is 34.2. The molecule has 5 nitrogen and oxygen atoms in total. The summed E-state index contributed by atoms with van der Waals surface area (Å²) in [6.45, 7) is 10.0. The summed E-state index contributed by atoms with van der Waals surface area (Å²) in [7, 11) is 0. The molecule has 0 saturated carbocycles. The number of cyclic esters (lactones) is 1. The molecule has 2 aromatic carbocycles. The van der Waals surface area contributed by atoms with Crippen molar-refractivity contribution in [3.63, 3.8) is 0 Å². The average molecular weight is 533 g/mol. The van der Waals surface area contributed by atoms with E-state index in [0.29, 0.717) is 23.5 Å². The van der Waals surface area contributed by atoms with E-state index in [1.807, 2.05) is 26.0 Å². The van der Waals surface area contributed by atoms with Crippen molar-refractivity contribution in [3.8, 4) is 0 Å². The number of nitrogen functional groups attached to an aromatic ring is 1. The maximum absolute atomic E-state index is 13.7. The van der Waals surface area contributed by atoms with Gasteiger partial charge in [0.15, 0.2) is 5.13 Å². The Bertz CT molecular complexity index is 1340. The summed E-state index contributed by atoms with van der Waals surface area (Å²) in [5.74, 6) is -2.08. The third-order valence-electron chi connectivity index (χ3n) is 6.55. The Labute approximate surface area is 217 Å². The number of nitrogens with two attached hydrogens (primary N) is 1. The molecule has 0 spiro atoms. The topological polar surface area (TPSA) is 85.4 Å². The molecule has 0 unspecified atom stereocenters. The van der Waals surface area contributed by atoms with Crippen molar-refractivity contribution in [2.24, 2.45) is 5.92 Å². The Morgan fingerprint density at radius 3 is 2.44 bits per heavy atom. The van der Waals surface area contributed by atoms with Crippen molar-refractivity contribution in [1.82, 2.24) is 4.98 Å². The van der Waals surface area contributed by atoms with E-state index in [1.54, 1.807) is 0 Å². The number of carbonyl (C=O) groups is 1. The molecule has 9 heteroatoms. The van der Waals surface area contributed by atoms with Crippen LogP contribution >= 0.6 is 23.1 Å². The van der Waals surface area contributed by atoms with E-state index in [9.17, 15) is 18.7 Å². The van der Waals surface area contributed by atoms with Crippen LogP contribution in [0, 0.1) is 17.6 Å². The lowest BCUT2D eigenvalue weighted by molar-refractivity contribution is -0.164. The molecule has 0 aliphatic carbocycles. The molecule has 3 aromatic rings. The van der Waals surface area contributed by atoms with Crippen molar-refractivity contribution < 1.29 is 23.4 Å². The number of anilines is 1. The fourth-order valence-corrected chi connectivity index (χ4v) is 6.48. The van der Waals surface area contributed by atoms with Gasteiger partial charge in [-0.3, -0.25) is 0 Å². The van der Waals surface area contributed by atoms with E-state index in [0.717, 1.165) is 26.7 Å². The summed E-state index contributed by atoms with van der Waals surface area (Å²) in [6.07, 6.45) is 0.741. The van der Waals surface area contributed by atoms with Crippen LogP contribution in [0.4, 0.5) is 13.9 Å². The van der Waals surface area contributed by atoms with E-state index >= 15 is 0 Å². The molecule has 36 heavy (non-hydrogen) atoms. The predicted molar refractivity (Wildman–Crippen MR) is 141 cm³/mol. The largest absolute Gasteiger partial charge is 0.511 e. The number of thiazole rings is 1. The van der Waals surface area contributed by atoms with Crippen molar-refractivity contribution in [1.29, 1.82) is 0 Å². The lowest BCUT2D eigenvalue weighted by atomic mass is 9.80. The normalized spacial score (nSPS) is 18.8. The third-order valence-corrected chi connectivity index (χ3v) is 8.56. The smallest absolute Gasteiger partial charge is 0.349 e. The first-order valence-electron chi connectivity index (χ1n) is 11.8. The molecule has 192 valence electrons. The Hall–Kier alpha value is -2.65. The van der Waals surface area contributed by atoms with Gasteiger partial charge in [-0.25, -0.2) is 18.6 Å². The van der Waals surface area contributed by atoms with Crippen molar-refractivity contribution >= 4 is 44.4 Å². The second-order valence-corrected chi connectivity index (χ2v) is 12.7. The number of fused-ring (bicyclic) bond motifs is 1. The molecular formula is C27H30F2N2O3S2. The maximum atomic E-state index is 13.7. The van der Waals surface area contributed by atoms with Gasteiger partial charge in [0.1, 0.15) is 27.9 Å². The minimum Gasteiger partial charge on any atom is -0.511 e. The van der Waals surface area contributed by atoms with Crippen LogP contribution in [0.15, 0.2) is 45.9 Å². The Morgan fingerprint density at radius 1 is 1.19 bits per heavy atom. The van der Waals surface area contributed by atoms with E-state index in [1.165, 1.54) is 35.2 Å². The molecule has 0 amide bonds. The molecule has 0 radical (unpaired) electrons. The summed E-state index contributed by atoms with van der Waals surface area (Å²) in [5, 5.41) is 11.6. The molecule has 4 rings (SSSR count). The molecule has 3 N–H and O–H groups in total. The van der Waals surface area contributed by atoms with Gasteiger partial charge in [-0.15, -0.1) is 0 Å². The van der Waals surface area contributed by atoms with Crippen molar-refractivity contribution in [3.05, 3.63) is 63.8 Å². The quantitative estimate of drug-likeness (QED) is 0.324. The second kappa shape index (κ2) is 9.67. The minimum atomic E-state index is -0.989. The van der Waals surface area contributed by atoms with Gasteiger partial charge in [0, 0.05) is 17.4 Å². The number of benzene rings is 2. The van der Waals surface area contributed by atoms with Gasteiger partial charge in [0.25, 0.3) is 0 Å². The highest BCUT2D eigenvalue weighted by Crippen LogP contribution is 2.46. The molecule has 2 heterocycles. The van der Waals surface area contributed by atoms with Crippen LogP contribution in [0.25, 0.3) is 10.2 Å². The monoisotopic (exact) mass is 532 g/mol. The van der Waals surface area contributed by atoms with Gasteiger partial charge in [-0.05, 0) is 59.6 Å². The Kier molecular flexibility index (Phi) is 7.09. The zero-order chi connectivity index (χ0) is 26.4. The number of aryl methyl sites for hydroxylation is 1. The van der Waals surface area contributed by atoms with E-state index < -0.39 is 23.2 Å². The number of aromatic nitrogens is 1. The maximum Gasteiger partial charge on any atom is 0.349 e. The fraction of sp³-hybridized carbons (Fsp3) is 0.407. The van der Waals surface area contributed by atoms with Crippen molar-refractivity contribution in [2.45, 2.75) is 69.8 Å². The SMILES string of the molecule is CC(C)[C@]1(CCc2cc(F)cc(F)c2)CC(O)=C(Sc2cc3sc(N)nc3cc2C(C)(C)C)C(=O)O1. The number of hydrogen-bond donors (Lipinski definition) is 2. The minimum absolute atomic E-state index is 0.0425. The van der Waals surface area contributed by atoms with Gasteiger partial charge in [0.05, 0.1) is 10.2 Å². The molecule has 1 aromatic heterocycles.